The van der Waals surface area contributed by atoms with Gasteiger partial charge in [-0.1, -0.05) is 0 Å². The smallest absolute Gasteiger partial charge is 0.307 e. The molecule has 1 N–H and O–H groups in total. The summed E-state index contributed by atoms with van der Waals surface area (Å²) in [6.07, 6.45) is -0.0788. The average Bonchev–Trinajstić information content (AvgIpc) is 2.56. The number of carboxylic acid groups (broad SMARTS) is 1. The van der Waals surface area contributed by atoms with Gasteiger partial charge in [-0.3, -0.25) is 4.79 Å². The monoisotopic (exact) mass is 240 g/mol. The van der Waals surface area contributed by atoms with Gasteiger partial charge in [0, 0.05) is 6.07 Å². The summed E-state index contributed by atoms with van der Waals surface area (Å²) in [5, 5.41) is 9.70. The predicted octanol–water partition coefficient (Wildman–Crippen LogP) is 2.72. The van der Waals surface area contributed by atoms with Crippen molar-refractivity contribution in [3.8, 4) is 5.75 Å². The second-order valence-electron chi connectivity index (χ2n) is 3.33. The lowest BCUT2D eigenvalue weighted by atomic mass is 10.1. The molecule has 0 spiro atoms. The van der Waals surface area contributed by atoms with Crippen molar-refractivity contribution in [1.82, 2.24) is 0 Å². The normalized spacial score (nSPS) is 10.6. The van der Waals surface area contributed by atoms with Gasteiger partial charge in [-0.15, -0.1) is 0 Å². The van der Waals surface area contributed by atoms with Crippen molar-refractivity contribution < 1.29 is 19.1 Å². The minimum Gasteiger partial charge on any atom is -0.496 e. The number of rotatable bonds is 3. The van der Waals surface area contributed by atoms with Gasteiger partial charge >= 0.3 is 5.97 Å². The maximum atomic E-state index is 10.6. The van der Waals surface area contributed by atoms with Gasteiger partial charge in [0.2, 0.25) is 0 Å². The van der Waals surface area contributed by atoms with Crippen LogP contribution in [0.15, 0.2) is 22.6 Å². The highest BCUT2D eigenvalue weighted by Gasteiger charge is 2.11. The van der Waals surface area contributed by atoms with E-state index in [0.717, 1.165) is 5.39 Å². The summed E-state index contributed by atoms with van der Waals surface area (Å²) >= 11 is 5.73. The summed E-state index contributed by atoms with van der Waals surface area (Å²) < 4.78 is 10.4. The Hall–Kier alpha value is -1.68. The minimum atomic E-state index is -0.904. The Balaban J connectivity index is 2.57. The molecule has 2 rings (SSSR count). The van der Waals surface area contributed by atoms with Crippen LogP contribution in [0.4, 0.5) is 0 Å². The summed E-state index contributed by atoms with van der Waals surface area (Å²) in [5.41, 5.74) is 1.14. The molecule has 5 heteroatoms. The fourth-order valence-corrected chi connectivity index (χ4v) is 1.77. The fraction of sp³-hybridized carbons (Fsp3) is 0.182. The van der Waals surface area contributed by atoms with Crippen molar-refractivity contribution in [2.45, 2.75) is 6.42 Å². The summed E-state index contributed by atoms with van der Waals surface area (Å²) in [4.78, 5) is 10.6. The zero-order valence-electron chi connectivity index (χ0n) is 8.49. The summed E-state index contributed by atoms with van der Waals surface area (Å²) in [5.74, 6) is -0.344. The highest BCUT2D eigenvalue weighted by Crippen LogP contribution is 2.32. The average molecular weight is 241 g/mol. The number of ether oxygens (including phenoxy) is 1. The summed E-state index contributed by atoms with van der Waals surface area (Å²) in [6.45, 7) is 0. The summed E-state index contributed by atoms with van der Waals surface area (Å²) in [7, 11) is 1.51. The second kappa shape index (κ2) is 4.06. The maximum Gasteiger partial charge on any atom is 0.307 e. The highest BCUT2D eigenvalue weighted by atomic mass is 35.5. The van der Waals surface area contributed by atoms with Gasteiger partial charge in [0.25, 0.3) is 0 Å². The van der Waals surface area contributed by atoms with E-state index < -0.39 is 5.97 Å². The van der Waals surface area contributed by atoms with E-state index in [0.29, 0.717) is 16.9 Å². The first-order valence-corrected chi connectivity index (χ1v) is 4.95. The summed E-state index contributed by atoms with van der Waals surface area (Å²) in [6, 6.07) is 4.96. The number of benzene rings is 1. The molecule has 16 heavy (non-hydrogen) atoms. The standard InChI is InChI=1S/C11H9ClO4/c1-15-8-2-6(4-11(13)14)3-9-7(8)5-10(12)16-9/h2-3,5H,4H2,1H3,(H,13,14). The number of halogens is 1. The molecular formula is C11H9ClO4. The fourth-order valence-electron chi connectivity index (χ4n) is 1.58. The van der Waals surface area contributed by atoms with Crippen molar-refractivity contribution in [2.24, 2.45) is 0 Å². The molecule has 0 aliphatic rings. The van der Waals surface area contributed by atoms with Crippen molar-refractivity contribution >= 4 is 28.5 Å². The Labute approximate surface area is 96.4 Å². The predicted molar refractivity (Wildman–Crippen MR) is 59.1 cm³/mol. The Morgan fingerprint density at radius 1 is 1.50 bits per heavy atom. The van der Waals surface area contributed by atoms with E-state index in [2.05, 4.69) is 0 Å². The molecule has 2 aromatic rings. The number of carboxylic acids is 1. The lowest BCUT2D eigenvalue weighted by Crippen LogP contribution is -2.00. The van der Waals surface area contributed by atoms with Crippen LogP contribution in [0.25, 0.3) is 11.0 Å². The van der Waals surface area contributed by atoms with Gasteiger partial charge < -0.3 is 14.3 Å². The number of carbonyl (C=O) groups is 1. The van der Waals surface area contributed by atoms with E-state index in [1.165, 1.54) is 7.11 Å². The maximum absolute atomic E-state index is 10.6. The van der Waals surface area contributed by atoms with Gasteiger partial charge in [0.05, 0.1) is 18.9 Å². The molecule has 4 nitrogen and oxygen atoms in total. The highest BCUT2D eigenvalue weighted by molar-refractivity contribution is 6.29. The molecule has 0 atom stereocenters. The number of hydrogen-bond acceptors (Lipinski definition) is 3. The van der Waals surface area contributed by atoms with E-state index in [1.807, 2.05) is 0 Å². The molecule has 0 amide bonds. The van der Waals surface area contributed by atoms with Crippen molar-refractivity contribution in [1.29, 1.82) is 0 Å². The van der Waals surface area contributed by atoms with Crippen LogP contribution in [0.1, 0.15) is 5.56 Å². The Morgan fingerprint density at radius 3 is 2.88 bits per heavy atom. The molecule has 1 aromatic carbocycles. The van der Waals surface area contributed by atoms with Crippen LogP contribution in [-0.4, -0.2) is 18.2 Å². The first-order chi connectivity index (χ1) is 7.60. The SMILES string of the molecule is COc1cc(CC(=O)O)cc2oc(Cl)cc12. The molecule has 0 bridgehead atoms. The number of hydrogen-bond donors (Lipinski definition) is 1. The van der Waals surface area contributed by atoms with Crippen LogP contribution in [0.5, 0.6) is 5.75 Å². The van der Waals surface area contributed by atoms with Crippen LogP contribution in [0.3, 0.4) is 0 Å². The molecular weight excluding hydrogens is 232 g/mol. The topological polar surface area (TPSA) is 59.7 Å². The first-order valence-electron chi connectivity index (χ1n) is 4.58. The molecule has 0 radical (unpaired) electrons. The van der Waals surface area contributed by atoms with Crippen LogP contribution in [0, 0.1) is 0 Å². The van der Waals surface area contributed by atoms with Crippen molar-refractivity contribution in [2.75, 3.05) is 7.11 Å². The molecule has 0 fully saturated rings. The van der Waals surface area contributed by atoms with E-state index in [9.17, 15) is 4.79 Å². The van der Waals surface area contributed by atoms with E-state index in [1.54, 1.807) is 18.2 Å². The van der Waals surface area contributed by atoms with E-state index in [4.69, 9.17) is 25.9 Å². The van der Waals surface area contributed by atoms with Crippen LogP contribution in [-0.2, 0) is 11.2 Å². The molecule has 0 unspecified atom stereocenters. The van der Waals surface area contributed by atoms with E-state index >= 15 is 0 Å². The van der Waals surface area contributed by atoms with Gasteiger partial charge in [-0.05, 0) is 29.3 Å². The van der Waals surface area contributed by atoms with Crippen molar-refractivity contribution in [3.63, 3.8) is 0 Å². The quantitative estimate of drug-likeness (QED) is 0.896. The molecule has 84 valence electrons. The van der Waals surface area contributed by atoms with Crippen molar-refractivity contribution in [3.05, 3.63) is 29.0 Å². The third kappa shape index (κ3) is 1.97. The van der Waals surface area contributed by atoms with E-state index in [-0.39, 0.29) is 11.6 Å². The molecule has 0 aliphatic heterocycles. The third-order valence-corrected chi connectivity index (χ3v) is 2.39. The first kappa shape index (κ1) is 10.8. The molecule has 0 aliphatic carbocycles. The number of methoxy groups -OCH3 is 1. The van der Waals surface area contributed by atoms with Gasteiger partial charge in [-0.2, -0.15) is 0 Å². The van der Waals surface area contributed by atoms with Crippen LogP contribution in [0.2, 0.25) is 5.22 Å². The molecule has 1 aromatic heterocycles. The minimum absolute atomic E-state index is 0.0788. The van der Waals surface area contributed by atoms with Gasteiger partial charge in [0.15, 0.2) is 5.22 Å². The number of fused-ring (bicyclic) bond motifs is 1. The Kier molecular flexibility index (Phi) is 2.75. The zero-order valence-corrected chi connectivity index (χ0v) is 9.25. The number of aliphatic carboxylic acids is 1. The zero-order chi connectivity index (χ0) is 11.7. The lowest BCUT2D eigenvalue weighted by Gasteiger charge is -2.03. The molecule has 0 saturated carbocycles. The largest absolute Gasteiger partial charge is 0.496 e. The molecule has 1 heterocycles. The lowest BCUT2D eigenvalue weighted by molar-refractivity contribution is -0.136. The number of furan rings is 1. The van der Waals surface area contributed by atoms with Gasteiger partial charge in [-0.25, -0.2) is 0 Å². The van der Waals surface area contributed by atoms with Gasteiger partial charge in [0.1, 0.15) is 11.3 Å². The Bertz CT molecular complexity index is 544. The van der Waals surface area contributed by atoms with Crippen LogP contribution < -0.4 is 4.74 Å². The van der Waals surface area contributed by atoms with Crippen LogP contribution >= 0.6 is 11.6 Å². The third-order valence-electron chi connectivity index (χ3n) is 2.20. The molecule has 0 saturated heterocycles. The Morgan fingerprint density at radius 2 is 2.25 bits per heavy atom. The second-order valence-corrected chi connectivity index (χ2v) is 3.70.